The van der Waals surface area contributed by atoms with Gasteiger partial charge in [0, 0.05) is 11.8 Å². The number of carbonyl (C=O) groups is 2. The number of Topliss-reactive ketones (excluding diaryl/α,β-unsaturated/α-hetero) is 1. The van der Waals surface area contributed by atoms with Gasteiger partial charge in [0.25, 0.3) is 0 Å². The van der Waals surface area contributed by atoms with Crippen LogP contribution in [-0.4, -0.2) is 39.3 Å². The van der Waals surface area contributed by atoms with Crippen molar-refractivity contribution in [1.29, 1.82) is 0 Å². The number of hydrogen-bond donors (Lipinski definition) is 3. The van der Waals surface area contributed by atoms with Gasteiger partial charge in [-0.05, 0) is 84.9 Å². The average Bonchev–Trinajstić information content (AvgIpc) is 2.75. The number of rotatable bonds is 1. The number of aliphatic carboxylic acids is 1. The fourth-order valence-corrected chi connectivity index (χ4v) is 10.1. The van der Waals surface area contributed by atoms with Crippen molar-refractivity contribution in [3.8, 4) is 0 Å². The maximum atomic E-state index is 12.8. The first-order chi connectivity index (χ1) is 15.7. The molecule has 5 heteroatoms. The predicted molar refractivity (Wildman–Crippen MR) is 130 cm³/mol. The predicted octanol–water partition coefficient (Wildman–Crippen LogP) is 4.99. The summed E-state index contributed by atoms with van der Waals surface area (Å²) in [5, 5.41) is 32.8. The maximum Gasteiger partial charge on any atom is 0.310 e. The lowest BCUT2D eigenvalue weighted by molar-refractivity contribution is -0.199. The molecule has 3 N–H and O–H groups in total. The SMILES string of the molecule is C[C@@H]1C(=O)[C@H](O)C[C@]2(C)[C@H]3CC=C4[C@@H]5[C@H](O)C(C)(C)CC[C@]5(C(=O)O)CC[C@@]4(C)[C@]3(C)CC[C@@H]12. The van der Waals surface area contributed by atoms with Gasteiger partial charge in [-0.1, -0.05) is 53.2 Å². The number of ketones is 1. The average molecular weight is 473 g/mol. The van der Waals surface area contributed by atoms with Crippen molar-refractivity contribution in [2.24, 2.45) is 50.7 Å². The fourth-order valence-electron chi connectivity index (χ4n) is 10.1. The second kappa shape index (κ2) is 7.18. The molecular weight excluding hydrogens is 428 g/mol. The van der Waals surface area contributed by atoms with Gasteiger partial charge in [-0.15, -0.1) is 0 Å². The Labute approximate surface area is 204 Å². The summed E-state index contributed by atoms with van der Waals surface area (Å²) >= 11 is 0. The van der Waals surface area contributed by atoms with E-state index in [1.807, 2.05) is 6.92 Å². The Morgan fingerprint density at radius 2 is 1.65 bits per heavy atom. The second-order valence-corrected chi connectivity index (χ2v) is 14.1. The monoisotopic (exact) mass is 472 g/mol. The summed E-state index contributed by atoms with van der Waals surface area (Å²) in [7, 11) is 0. The van der Waals surface area contributed by atoms with Gasteiger partial charge in [-0.25, -0.2) is 0 Å². The van der Waals surface area contributed by atoms with Gasteiger partial charge in [0.1, 0.15) is 6.10 Å². The first-order valence-electron chi connectivity index (χ1n) is 13.5. The van der Waals surface area contributed by atoms with E-state index in [0.717, 1.165) is 32.1 Å². The molecule has 0 saturated heterocycles. The summed E-state index contributed by atoms with van der Waals surface area (Å²) in [4.78, 5) is 25.4. The molecule has 0 radical (unpaired) electrons. The van der Waals surface area contributed by atoms with E-state index < -0.39 is 23.6 Å². The van der Waals surface area contributed by atoms with E-state index in [-0.39, 0.29) is 45.2 Å². The number of aliphatic hydroxyl groups is 2. The standard InChI is InChI=1S/C29H44O5/c1-16-17-9-10-28(6)20(26(17,4)15-19(30)22(16)31)8-7-18-21-23(32)25(2,3)11-13-29(21,24(33)34)14-12-27(18,28)5/h7,16-17,19-21,23,30,32H,8-15H2,1-6H3,(H,33,34)/t16-,17-,19+,20+,21+,23-,26-,27+,28+,29-/m0/s1. The van der Waals surface area contributed by atoms with Crippen molar-refractivity contribution < 1.29 is 24.9 Å². The third-order valence-electron chi connectivity index (χ3n) is 12.6. The zero-order chi connectivity index (χ0) is 25.1. The van der Waals surface area contributed by atoms with Gasteiger partial charge >= 0.3 is 5.97 Å². The van der Waals surface area contributed by atoms with Gasteiger partial charge in [0.2, 0.25) is 0 Å². The molecule has 4 fully saturated rings. The van der Waals surface area contributed by atoms with Gasteiger partial charge < -0.3 is 15.3 Å². The van der Waals surface area contributed by atoms with Crippen LogP contribution in [0.25, 0.3) is 0 Å². The third-order valence-corrected chi connectivity index (χ3v) is 12.6. The molecule has 5 aliphatic rings. The third kappa shape index (κ3) is 2.75. The van der Waals surface area contributed by atoms with Crippen LogP contribution >= 0.6 is 0 Å². The Kier molecular flexibility index (Phi) is 5.18. The van der Waals surface area contributed by atoms with Gasteiger partial charge in [0.15, 0.2) is 5.78 Å². The van der Waals surface area contributed by atoms with Gasteiger partial charge in [-0.2, -0.15) is 0 Å². The van der Waals surface area contributed by atoms with E-state index in [0.29, 0.717) is 25.2 Å². The van der Waals surface area contributed by atoms with Crippen molar-refractivity contribution in [2.75, 3.05) is 0 Å². The maximum absolute atomic E-state index is 12.8. The smallest absolute Gasteiger partial charge is 0.310 e. The Morgan fingerprint density at radius 3 is 2.29 bits per heavy atom. The molecule has 0 spiro atoms. The van der Waals surface area contributed by atoms with Crippen LogP contribution in [0, 0.1) is 50.7 Å². The number of allylic oxidation sites excluding steroid dienone is 1. The van der Waals surface area contributed by atoms with Crippen LogP contribution in [0.5, 0.6) is 0 Å². The fraction of sp³-hybridized carbons (Fsp3) is 0.862. The quantitative estimate of drug-likeness (QED) is 0.467. The molecule has 0 heterocycles. The van der Waals surface area contributed by atoms with E-state index in [9.17, 15) is 24.9 Å². The molecule has 0 aromatic rings. The van der Waals surface area contributed by atoms with Crippen LogP contribution in [0.4, 0.5) is 0 Å². The van der Waals surface area contributed by atoms with E-state index >= 15 is 0 Å². The summed E-state index contributed by atoms with van der Waals surface area (Å²) in [6, 6.07) is 0. The highest BCUT2D eigenvalue weighted by molar-refractivity contribution is 5.86. The molecule has 4 saturated carbocycles. The molecule has 190 valence electrons. The molecule has 0 bridgehead atoms. The van der Waals surface area contributed by atoms with Gasteiger partial charge in [0.05, 0.1) is 11.5 Å². The first-order valence-corrected chi connectivity index (χ1v) is 13.5. The number of carboxylic acids is 1. The van der Waals surface area contributed by atoms with Crippen molar-refractivity contribution >= 4 is 11.8 Å². The summed E-state index contributed by atoms with van der Waals surface area (Å²) in [5.41, 5.74) is -0.398. The topological polar surface area (TPSA) is 94.8 Å². The minimum absolute atomic E-state index is 0.000739. The molecule has 5 rings (SSSR count). The number of fused-ring (bicyclic) bond motifs is 7. The van der Waals surface area contributed by atoms with E-state index in [1.165, 1.54) is 5.57 Å². The van der Waals surface area contributed by atoms with E-state index in [2.05, 4.69) is 40.7 Å². The molecule has 34 heavy (non-hydrogen) atoms. The highest BCUT2D eigenvalue weighted by atomic mass is 16.4. The summed E-state index contributed by atoms with van der Waals surface area (Å²) < 4.78 is 0. The normalized spacial score (nSPS) is 54.1. The van der Waals surface area contributed by atoms with Crippen LogP contribution in [0.15, 0.2) is 11.6 Å². The molecule has 0 aromatic carbocycles. The van der Waals surface area contributed by atoms with Crippen LogP contribution in [0.3, 0.4) is 0 Å². The lowest BCUT2D eigenvalue weighted by Gasteiger charge is -2.70. The summed E-state index contributed by atoms with van der Waals surface area (Å²) in [6.45, 7) is 13.2. The van der Waals surface area contributed by atoms with Crippen LogP contribution < -0.4 is 0 Å². The summed E-state index contributed by atoms with van der Waals surface area (Å²) in [5.74, 6) is -0.622. The second-order valence-electron chi connectivity index (χ2n) is 14.1. The largest absolute Gasteiger partial charge is 0.481 e. The van der Waals surface area contributed by atoms with Crippen LogP contribution in [-0.2, 0) is 9.59 Å². The van der Waals surface area contributed by atoms with Crippen LogP contribution in [0.1, 0.15) is 92.9 Å². The zero-order valence-corrected chi connectivity index (χ0v) is 21.9. The Balaban J connectivity index is 1.63. The highest BCUT2D eigenvalue weighted by Gasteiger charge is 2.70. The van der Waals surface area contributed by atoms with Crippen molar-refractivity contribution in [2.45, 2.75) is 105 Å². The molecule has 0 unspecified atom stereocenters. The van der Waals surface area contributed by atoms with Crippen molar-refractivity contribution in [3.63, 3.8) is 0 Å². The number of carboxylic acid groups (broad SMARTS) is 1. The molecule has 0 amide bonds. The first kappa shape index (κ1) is 24.5. The minimum atomic E-state index is -0.885. The Bertz CT molecular complexity index is 952. The minimum Gasteiger partial charge on any atom is -0.481 e. The molecule has 10 atom stereocenters. The lowest BCUT2D eigenvalue weighted by atomic mass is 9.34. The number of aliphatic hydroxyl groups excluding tert-OH is 2. The van der Waals surface area contributed by atoms with Crippen LogP contribution in [0.2, 0.25) is 0 Å². The van der Waals surface area contributed by atoms with E-state index in [4.69, 9.17) is 0 Å². The number of hydrogen-bond acceptors (Lipinski definition) is 4. The highest BCUT2D eigenvalue weighted by Crippen LogP contribution is 2.74. The van der Waals surface area contributed by atoms with Gasteiger partial charge in [-0.3, -0.25) is 9.59 Å². The number of carbonyl (C=O) groups excluding carboxylic acids is 1. The molecule has 5 nitrogen and oxygen atoms in total. The lowest BCUT2D eigenvalue weighted by Crippen LogP contribution is -2.66. The molecule has 0 aromatic heterocycles. The Morgan fingerprint density at radius 1 is 1.00 bits per heavy atom. The zero-order valence-electron chi connectivity index (χ0n) is 21.9. The molecule has 0 aliphatic heterocycles. The van der Waals surface area contributed by atoms with E-state index in [1.54, 1.807) is 0 Å². The Hall–Kier alpha value is -1.20. The summed E-state index contributed by atoms with van der Waals surface area (Å²) in [6.07, 6.45) is 6.85. The molecular formula is C29H44O5. The molecule has 5 aliphatic carbocycles. The van der Waals surface area contributed by atoms with Crippen molar-refractivity contribution in [1.82, 2.24) is 0 Å². The van der Waals surface area contributed by atoms with Crippen molar-refractivity contribution in [3.05, 3.63) is 11.6 Å².